The van der Waals surface area contributed by atoms with Gasteiger partial charge in [-0.05, 0) is 26.2 Å². The van der Waals surface area contributed by atoms with Crippen molar-refractivity contribution in [1.82, 2.24) is 0 Å². The zero-order valence-electron chi connectivity index (χ0n) is 6.98. The van der Waals surface area contributed by atoms with E-state index in [2.05, 4.69) is 6.58 Å². The Balaban J connectivity index is 2.37. The molecule has 0 aromatic heterocycles. The fraction of sp³-hybridized carbons (Fsp3) is 0.778. The molecular weight excluding hydrogens is 160 g/mol. The number of hydrogen-bond donors (Lipinski definition) is 0. The van der Waals surface area contributed by atoms with Gasteiger partial charge < -0.3 is 4.74 Å². The van der Waals surface area contributed by atoms with Gasteiger partial charge in [0.05, 0.1) is 11.5 Å². The van der Waals surface area contributed by atoms with Gasteiger partial charge in [-0.15, -0.1) is 11.6 Å². The summed E-state index contributed by atoms with van der Waals surface area (Å²) in [5.74, 6) is 0. The number of alkyl halides is 1. The van der Waals surface area contributed by atoms with Crippen molar-refractivity contribution in [3.05, 3.63) is 12.2 Å². The minimum atomic E-state index is 0.149. The highest BCUT2D eigenvalue weighted by Gasteiger charge is 2.24. The molecule has 0 N–H and O–H groups in total. The van der Waals surface area contributed by atoms with Gasteiger partial charge in [-0.25, -0.2) is 0 Å². The van der Waals surface area contributed by atoms with E-state index in [4.69, 9.17) is 16.3 Å². The molecule has 0 bridgehead atoms. The predicted molar refractivity (Wildman–Crippen MR) is 48.0 cm³/mol. The fourth-order valence-electron chi connectivity index (χ4n) is 1.44. The lowest BCUT2D eigenvalue weighted by atomic mass is 9.93. The standard InChI is InChI=1S/C9H15ClO/c1-3-11-9-5-4-7(2)6-8(9)10/h8-9H,2-6H2,1H3. The van der Waals surface area contributed by atoms with Crippen molar-refractivity contribution in [1.29, 1.82) is 0 Å². The van der Waals surface area contributed by atoms with E-state index in [9.17, 15) is 0 Å². The Hall–Kier alpha value is -0.0100. The SMILES string of the molecule is C=C1CCC(OCC)C(Cl)C1. The topological polar surface area (TPSA) is 9.23 Å². The molecule has 2 heteroatoms. The van der Waals surface area contributed by atoms with Crippen LogP contribution in [0, 0.1) is 0 Å². The highest BCUT2D eigenvalue weighted by Crippen LogP contribution is 2.28. The normalized spacial score (nSPS) is 32.4. The van der Waals surface area contributed by atoms with Crippen LogP contribution in [0.1, 0.15) is 26.2 Å². The van der Waals surface area contributed by atoms with E-state index in [-0.39, 0.29) is 11.5 Å². The van der Waals surface area contributed by atoms with Gasteiger partial charge in [0, 0.05) is 6.61 Å². The van der Waals surface area contributed by atoms with E-state index in [1.165, 1.54) is 5.57 Å². The van der Waals surface area contributed by atoms with Gasteiger partial charge in [0.1, 0.15) is 0 Å². The van der Waals surface area contributed by atoms with Gasteiger partial charge in [0.15, 0.2) is 0 Å². The molecule has 1 saturated carbocycles. The monoisotopic (exact) mass is 174 g/mol. The van der Waals surface area contributed by atoms with Crippen LogP contribution in [0.2, 0.25) is 0 Å². The summed E-state index contributed by atoms with van der Waals surface area (Å²) in [6.07, 6.45) is 3.30. The molecule has 0 amide bonds. The van der Waals surface area contributed by atoms with E-state index in [0.717, 1.165) is 25.9 Å². The van der Waals surface area contributed by atoms with Crippen molar-refractivity contribution in [3.63, 3.8) is 0 Å². The summed E-state index contributed by atoms with van der Waals surface area (Å²) in [5.41, 5.74) is 1.26. The molecule has 1 aliphatic carbocycles. The van der Waals surface area contributed by atoms with Crippen LogP contribution < -0.4 is 0 Å². The summed E-state index contributed by atoms with van der Waals surface area (Å²) >= 11 is 6.07. The smallest absolute Gasteiger partial charge is 0.0744 e. The van der Waals surface area contributed by atoms with Gasteiger partial charge in [0.25, 0.3) is 0 Å². The first-order valence-electron chi connectivity index (χ1n) is 4.16. The first kappa shape index (κ1) is 9.08. The Bertz CT molecular complexity index is 144. The minimum Gasteiger partial charge on any atom is -0.377 e. The van der Waals surface area contributed by atoms with Gasteiger partial charge in [-0.3, -0.25) is 0 Å². The van der Waals surface area contributed by atoms with Gasteiger partial charge in [-0.2, -0.15) is 0 Å². The molecule has 0 aliphatic heterocycles. The number of rotatable bonds is 2. The van der Waals surface area contributed by atoms with Gasteiger partial charge >= 0.3 is 0 Å². The van der Waals surface area contributed by atoms with Crippen molar-refractivity contribution in [2.45, 2.75) is 37.7 Å². The molecule has 0 spiro atoms. The molecule has 1 aliphatic rings. The van der Waals surface area contributed by atoms with E-state index in [0.29, 0.717) is 0 Å². The van der Waals surface area contributed by atoms with Crippen LogP contribution in [0.25, 0.3) is 0 Å². The zero-order valence-corrected chi connectivity index (χ0v) is 7.73. The quantitative estimate of drug-likeness (QED) is 0.462. The molecule has 2 unspecified atom stereocenters. The van der Waals surface area contributed by atoms with Crippen LogP contribution >= 0.6 is 11.6 Å². The van der Waals surface area contributed by atoms with Crippen LogP contribution in [0.15, 0.2) is 12.2 Å². The average molecular weight is 175 g/mol. The van der Waals surface area contributed by atoms with Crippen LogP contribution in [0.4, 0.5) is 0 Å². The van der Waals surface area contributed by atoms with Crippen molar-refractivity contribution in [2.24, 2.45) is 0 Å². The lowest BCUT2D eigenvalue weighted by Gasteiger charge is -2.27. The molecule has 64 valence electrons. The lowest BCUT2D eigenvalue weighted by Crippen LogP contribution is -2.28. The molecule has 1 nitrogen and oxygen atoms in total. The summed E-state index contributed by atoms with van der Waals surface area (Å²) < 4.78 is 5.47. The second kappa shape index (κ2) is 4.13. The van der Waals surface area contributed by atoms with Crippen LogP contribution in [-0.4, -0.2) is 18.1 Å². The van der Waals surface area contributed by atoms with Gasteiger partial charge in [-0.1, -0.05) is 12.2 Å². The molecule has 1 fully saturated rings. The minimum absolute atomic E-state index is 0.149. The maximum atomic E-state index is 6.07. The molecule has 2 atom stereocenters. The Morgan fingerprint density at radius 3 is 3.00 bits per heavy atom. The predicted octanol–water partition coefficient (Wildman–Crippen LogP) is 2.74. The van der Waals surface area contributed by atoms with E-state index >= 15 is 0 Å². The van der Waals surface area contributed by atoms with Crippen molar-refractivity contribution >= 4 is 11.6 Å². The van der Waals surface area contributed by atoms with Crippen molar-refractivity contribution in [2.75, 3.05) is 6.61 Å². The third-order valence-corrected chi connectivity index (χ3v) is 2.49. The fourth-order valence-corrected chi connectivity index (χ4v) is 1.86. The van der Waals surface area contributed by atoms with Crippen LogP contribution in [0.3, 0.4) is 0 Å². The lowest BCUT2D eigenvalue weighted by molar-refractivity contribution is 0.0473. The summed E-state index contributed by atoms with van der Waals surface area (Å²) in [7, 11) is 0. The molecule has 11 heavy (non-hydrogen) atoms. The zero-order chi connectivity index (χ0) is 8.27. The van der Waals surface area contributed by atoms with E-state index in [1.807, 2.05) is 6.92 Å². The van der Waals surface area contributed by atoms with Crippen molar-refractivity contribution < 1.29 is 4.74 Å². The Morgan fingerprint density at radius 1 is 1.73 bits per heavy atom. The maximum absolute atomic E-state index is 6.07. The molecule has 0 saturated heterocycles. The van der Waals surface area contributed by atoms with E-state index < -0.39 is 0 Å². The average Bonchev–Trinajstić information content (AvgIpc) is 1.95. The summed E-state index contributed by atoms with van der Waals surface area (Å²) in [6, 6.07) is 0. The first-order chi connectivity index (χ1) is 5.24. The van der Waals surface area contributed by atoms with E-state index in [1.54, 1.807) is 0 Å². The van der Waals surface area contributed by atoms with Crippen LogP contribution in [0.5, 0.6) is 0 Å². The first-order valence-corrected chi connectivity index (χ1v) is 4.60. The number of allylic oxidation sites excluding steroid dienone is 1. The molecule has 0 aromatic rings. The summed E-state index contributed by atoms with van der Waals surface area (Å²) in [5, 5.41) is 0.149. The highest BCUT2D eigenvalue weighted by atomic mass is 35.5. The third-order valence-electron chi connectivity index (χ3n) is 2.05. The number of ether oxygens (including phenoxy) is 1. The number of hydrogen-bond acceptors (Lipinski definition) is 1. The second-order valence-corrected chi connectivity index (χ2v) is 3.56. The third kappa shape index (κ3) is 2.49. The molecule has 0 radical (unpaired) electrons. The molecular formula is C9H15ClO. The Morgan fingerprint density at radius 2 is 2.45 bits per heavy atom. The van der Waals surface area contributed by atoms with Gasteiger partial charge in [0.2, 0.25) is 0 Å². The van der Waals surface area contributed by atoms with Crippen molar-refractivity contribution in [3.8, 4) is 0 Å². The largest absolute Gasteiger partial charge is 0.377 e. The summed E-state index contributed by atoms with van der Waals surface area (Å²) in [4.78, 5) is 0. The molecule has 0 heterocycles. The highest BCUT2D eigenvalue weighted by molar-refractivity contribution is 6.21. The maximum Gasteiger partial charge on any atom is 0.0744 e. The second-order valence-electron chi connectivity index (χ2n) is 3.00. The Kier molecular flexibility index (Phi) is 3.41. The number of halogens is 1. The molecule has 1 rings (SSSR count). The summed E-state index contributed by atoms with van der Waals surface area (Å²) in [6.45, 7) is 6.69. The molecule has 0 aromatic carbocycles. The Labute approximate surface area is 73.4 Å². The van der Waals surface area contributed by atoms with Crippen LogP contribution in [-0.2, 0) is 4.74 Å².